The van der Waals surface area contributed by atoms with Crippen LogP contribution in [0.3, 0.4) is 0 Å². The van der Waals surface area contributed by atoms with Gasteiger partial charge in [0.15, 0.2) is 0 Å². The maximum atomic E-state index is 12.2. The highest BCUT2D eigenvalue weighted by Gasteiger charge is 2.15. The summed E-state index contributed by atoms with van der Waals surface area (Å²) in [4.78, 5) is 14.5. The van der Waals surface area contributed by atoms with Gasteiger partial charge in [-0.2, -0.15) is 0 Å². The van der Waals surface area contributed by atoms with Crippen molar-refractivity contribution in [1.82, 2.24) is 10.2 Å². The fourth-order valence-corrected chi connectivity index (χ4v) is 2.75. The second-order valence-corrected chi connectivity index (χ2v) is 5.36. The van der Waals surface area contributed by atoms with Gasteiger partial charge in [0.2, 0.25) is 0 Å². The summed E-state index contributed by atoms with van der Waals surface area (Å²) < 4.78 is 8.19. The van der Waals surface area contributed by atoms with Crippen LogP contribution < -0.4 is 13.6 Å². The van der Waals surface area contributed by atoms with Gasteiger partial charge in [-0.05, 0) is 19.2 Å². The third-order valence-electron chi connectivity index (χ3n) is 3.24. The van der Waals surface area contributed by atoms with Gasteiger partial charge >= 0.3 is 0 Å². The molecule has 2 N–H and O–H groups in total. The molecule has 0 unspecified atom stereocenters. The second kappa shape index (κ2) is 9.32. The zero-order valence-corrected chi connectivity index (χ0v) is 15.4. The Hall–Kier alpha value is -0.730. The van der Waals surface area contributed by atoms with Crippen molar-refractivity contribution >= 4 is 46.1 Å². The molecule has 0 aliphatic heterocycles. The zero-order chi connectivity index (χ0) is 15.8. The van der Waals surface area contributed by atoms with Crippen molar-refractivity contribution in [3.8, 4) is 5.75 Å². The van der Waals surface area contributed by atoms with Crippen LogP contribution in [0, 0.1) is 0 Å². The Morgan fingerprint density at radius 2 is 2.05 bits per heavy atom. The smallest absolute Gasteiger partial charge is 0.255 e. The molecule has 1 aromatic carbocycles. The topological polar surface area (TPSA) is 53.6 Å². The van der Waals surface area contributed by atoms with Gasteiger partial charge in [0, 0.05) is 19.2 Å². The number of carbonyl (C=O) groups is 1. The maximum Gasteiger partial charge on any atom is 0.255 e. The lowest BCUT2D eigenvalue weighted by Gasteiger charge is -2.18. The molecule has 0 aliphatic rings. The summed E-state index contributed by atoms with van der Waals surface area (Å²) in [7, 11) is 1.53. The Balaban J connectivity index is 2.75. The van der Waals surface area contributed by atoms with Crippen molar-refractivity contribution in [2.75, 3.05) is 36.8 Å². The number of hydrogen-bond acceptors (Lipinski definition) is 4. The summed E-state index contributed by atoms with van der Waals surface area (Å²) in [6, 6.07) is 3.34. The molecule has 1 amide bonds. The minimum Gasteiger partial charge on any atom is -0.496 e. The number of benzene rings is 1. The molecule has 0 heterocycles. The summed E-state index contributed by atoms with van der Waals surface area (Å²) in [5.41, 5.74) is 1.16. The fraction of sp³-hybridized carbons (Fsp3) is 0.500. The first kappa shape index (κ1) is 18.3. The Morgan fingerprint density at radius 3 is 2.57 bits per heavy atom. The first-order chi connectivity index (χ1) is 10.1. The van der Waals surface area contributed by atoms with Gasteiger partial charge in [0.1, 0.15) is 5.75 Å². The summed E-state index contributed by atoms with van der Waals surface area (Å²) in [6.07, 6.45) is 0. The van der Waals surface area contributed by atoms with E-state index >= 15 is 0 Å². The van der Waals surface area contributed by atoms with Crippen molar-refractivity contribution in [1.29, 1.82) is 0 Å². The third kappa shape index (κ3) is 5.19. The predicted octanol–water partition coefficient (Wildman–Crippen LogP) is 3.18. The maximum absolute atomic E-state index is 12.2. The minimum absolute atomic E-state index is 0.180. The molecule has 5 nitrogen and oxygen atoms in total. The van der Waals surface area contributed by atoms with Gasteiger partial charge in [0.25, 0.3) is 5.91 Å². The number of likely N-dealkylation sites (N-methyl/N-ethyl adjacent to an activating group) is 1. The SMILES string of the molecule is CCN(CC)CCNC(=O)c1cc(Cl)c(NI)cc1OC. The molecule has 0 fully saturated rings. The van der Waals surface area contributed by atoms with Crippen LogP contribution in [0.5, 0.6) is 5.75 Å². The van der Waals surface area contributed by atoms with E-state index < -0.39 is 0 Å². The second-order valence-electron chi connectivity index (χ2n) is 4.41. The van der Waals surface area contributed by atoms with Crippen LogP contribution in [-0.2, 0) is 0 Å². The van der Waals surface area contributed by atoms with E-state index in [4.69, 9.17) is 16.3 Å². The van der Waals surface area contributed by atoms with Gasteiger partial charge in [-0.3, -0.25) is 4.79 Å². The molecular weight excluding hydrogens is 405 g/mol. The summed E-state index contributed by atoms with van der Waals surface area (Å²) in [6.45, 7) is 7.55. The van der Waals surface area contributed by atoms with Crippen LogP contribution in [0.2, 0.25) is 5.02 Å². The van der Waals surface area contributed by atoms with Crippen LogP contribution >= 0.6 is 34.5 Å². The quantitative estimate of drug-likeness (QED) is 0.496. The van der Waals surface area contributed by atoms with E-state index in [1.807, 2.05) is 22.9 Å². The van der Waals surface area contributed by atoms with E-state index in [0.29, 0.717) is 28.6 Å². The minimum atomic E-state index is -0.180. The fourth-order valence-electron chi connectivity index (χ4n) is 1.93. The molecule has 21 heavy (non-hydrogen) atoms. The average Bonchev–Trinajstić information content (AvgIpc) is 2.51. The van der Waals surface area contributed by atoms with E-state index in [1.165, 1.54) is 7.11 Å². The number of hydrogen-bond donors (Lipinski definition) is 2. The lowest BCUT2D eigenvalue weighted by atomic mass is 10.1. The van der Waals surface area contributed by atoms with E-state index in [2.05, 4.69) is 27.6 Å². The molecule has 0 bridgehead atoms. The number of amides is 1. The molecule has 0 saturated heterocycles. The van der Waals surface area contributed by atoms with Crippen molar-refractivity contribution in [2.24, 2.45) is 0 Å². The Morgan fingerprint density at radius 1 is 1.38 bits per heavy atom. The normalized spacial score (nSPS) is 10.6. The lowest BCUT2D eigenvalue weighted by molar-refractivity contribution is 0.0946. The van der Waals surface area contributed by atoms with Crippen LogP contribution in [-0.4, -0.2) is 44.1 Å². The number of anilines is 1. The third-order valence-corrected chi connectivity index (χ3v) is 4.14. The number of carbonyl (C=O) groups excluding carboxylic acids is 1. The number of nitrogens with one attached hydrogen (secondary N) is 2. The summed E-state index contributed by atoms with van der Waals surface area (Å²) in [5, 5.41) is 3.38. The van der Waals surface area contributed by atoms with Crippen LogP contribution in [0.25, 0.3) is 0 Å². The number of halogens is 2. The first-order valence-corrected chi connectivity index (χ1v) is 8.27. The van der Waals surface area contributed by atoms with Crippen molar-refractivity contribution in [3.05, 3.63) is 22.7 Å². The van der Waals surface area contributed by atoms with Gasteiger partial charge < -0.3 is 18.5 Å². The molecule has 1 aromatic rings. The standard InChI is InChI=1S/C14H21ClIN3O2/c1-4-19(5-2)7-6-17-14(20)10-8-11(15)12(18-16)9-13(10)21-3/h8-9,18H,4-7H2,1-3H3,(H,17,20). The number of ether oxygens (including phenoxy) is 1. The molecule has 0 atom stereocenters. The van der Waals surface area contributed by atoms with Gasteiger partial charge in [-0.25, -0.2) is 0 Å². The average molecular weight is 426 g/mol. The molecule has 0 aromatic heterocycles. The van der Waals surface area contributed by atoms with Gasteiger partial charge in [-0.1, -0.05) is 25.4 Å². The molecule has 0 saturated carbocycles. The Kier molecular flexibility index (Phi) is 8.13. The monoisotopic (exact) mass is 425 g/mol. The zero-order valence-electron chi connectivity index (χ0n) is 12.5. The predicted molar refractivity (Wildman–Crippen MR) is 95.8 cm³/mol. The first-order valence-electron chi connectivity index (χ1n) is 6.82. The molecule has 0 radical (unpaired) electrons. The molecule has 118 valence electrons. The van der Waals surface area contributed by atoms with E-state index in [1.54, 1.807) is 12.1 Å². The van der Waals surface area contributed by atoms with Crippen molar-refractivity contribution in [3.63, 3.8) is 0 Å². The van der Waals surface area contributed by atoms with E-state index in [0.717, 1.165) is 19.6 Å². The van der Waals surface area contributed by atoms with Gasteiger partial charge in [0.05, 0.1) is 46.2 Å². The lowest BCUT2D eigenvalue weighted by Crippen LogP contribution is -2.34. The van der Waals surface area contributed by atoms with Crippen molar-refractivity contribution in [2.45, 2.75) is 13.8 Å². The number of methoxy groups -OCH3 is 1. The van der Waals surface area contributed by atoms with E-state index in [-0.39, 0.29) is 5.91 Å². The summed E-state index contributed by atoms with van der Waals surface area (Å²) in [5.74, 6) is 0.319. The highest BCUT2D eigenvalue weighted by atomic mass is 127. The van der Waals surface area contributed by atoms with Crippen LogP contribution in [0.15, 0.2) is 12.1 Å². The Labute approximate surface area is 144 Å². The van der Waals surface area contributed by atoms with Crippen LogP contribution in [0.1, 0.15) is 24.2 Å². The highest BCUT2D eigenvalue weighted by molar-refractivity contribution is 14.1. The van der Waals surface area contributed by atoms with Gasteiger partial charge in [-0.15, -0.1) is 0 Å². The molecular formula is C14H21ClIN3O2. The molecule has 0 spiro atoms. The Bertz CT molecular complexity index is 482. The molecule has 7 heteroatoms. The summed E-state index contributed by atoms with van der Waals surface area (Å²) >= 11 is 8.10. The largest absolute Gasteiger partial charge is 0.496 e. The van der Waals surface area contributed by atoms with Crippen molar-refractivity contribution < 1.29 is 9.53 Å². The number of nitrogens with zero attached hydrogens (tertiary/aromatic N) is 1. The van der Waals surface area contributed by atoms with E-state index in [9.17, 15) is 4.79 Å². The number of rotatable bonds is 8. The van der Waals surface area contributed by atoms with Crippen LogP contribution in [0.4, 0.5) is 5.69 Å². The molecule has 0 aliphatic carbocycles. The highest BCUT2D eigenvalue weighted by Crippen LogP contribution is 2.31. The molecule has 1 rings (SSSR count).